The molecule has 1 N–H and O–H groups in total. The van der Waals surface area contributed by atoms with Gasteiger partial charge < -0.3 is 5.32 Å². The summed E-state index contributed by atoms with van der Waals surface area (Å²) < 4.78 is 12.2. The number of alkyl halides is 1. The van der Waals surface area contributed by atoms with Crippen LogP contribution in [0.25, 0.3) is 0 Å². The minimum absolute atomic E-state index is 0.458. The summed E-state index contributed by atoms with van der Waals surface area (Å²) in [7, 11) is 0. The van der Waals surface area contributed by atoms with E-state index >= 15 is 0 Å². The fourth-order valence-corrected chi connectivity index (χ4v) is 1.16. The van der Waals surface area contributed by atoms with Crippen LogP contribution in [-0.2, 0) is 0 Å². The largest absolute Gasteiger partial charge is 0.312 e. The van der Waals surface area contributed by atoms with E-state index in [0.29, 0.717) is 12.1 Å². The average Bonchev–Trinajstić information content (AvgIpc) is 1.60. The van der Waals surface area contributed by atoms with Crippen molar-refractivity contribution in [1.29, 1.82) is 0 Å². The van der Waals surface area contributed by atoms with Gasteiger partial charge in [0.1, 0.15) is 6.17 Å². The highest BCUT2D eigenvalue weighted by Crippen LogP contribution is 2.23. The first-order chi connectivity index (χ1) is 4.18. The van der Waals surface area contributed by atoms with Crippen molar-refractivity contribution in [3.05, 3.63) is 0 Å². The van der Waals surface area contributed by atoms with Crippen LogP contribution in [-0.4, -0.2) is 18.3 Å². The van der Waals surface area contributed by atoms with Crippen molar-refractivity contribution in [2.75, 3.05) is 0 Å². The smallest absolute Gasteiger partial charge is 0.103 e. The van der Waals surface area contributed by atoms with Gasteiger partial charge in [0.25, 0.3) is 0 Å². The number of halogens is 1. The Morgan fingerprint density at radius 2 is 2.00 bits per heavy atom. The van der Waals surface area contributed by atoms with E-state index in [1.807, 2.05) is 0 Å². The third-order valence-electron chi connectivity index (χ3n) is 1.65. The standard InChI is InChI=1S/C7H14FN/c1-5(2)9-7-3-6(8)4-7/h5-7,9H,3-4H2,1-2H3/t6-,7+. The monoisotopic (exact) mass is 131 g/mol. The maximum atomic E-state index is 12.2. The quantitative estimate of drug-likeness (QED) is 0.598. The van der Waals surface area contributed by atoms with Gasteiger partial charge in [-0.1, -0.05) is 13.8 Å². The van der Waals surface area contributed by atoms with Gasteiger partial charge in [0, 0.05) is 12.1 Å². The van der Waals surface area contributed by atoms with Gasteiger partial charge >= 0.3 is 0 Å². The molecule has 54 valence electrons. The van der Waals surface area contributed by atoms with Gasteiger partial charge in [-0.25, -0.2) is 4.39 Å². The normalized spacial score (nSPS) is 34.7. The molecule has 0 radical (unpaired) electrons. The Balaban J connectivity index is 2.04. The van der Waals surface area contributed by atoms with Crippen LogP contribution < -0.4 is 5.32 Å². The lowest BCUT2D eigenvalue weighted by atomic mass is 9.90. The van der Waals surface area contributed by atoms with Crippen LogP contribution in [0.2, 0.25) is 0 Å². The summed E-state index contributed by atoms with van der Waals surface area (Å²) in [5.41, 5.74) is 0. The zero-order valence-corrected chi connectivity index (χ0v) is 6.02. The summed E-state index contributed by atoms with van der Waals surface area (Å²) in [6, 6.07) is 0.961. The first kappa shape index (κ1) is 7.00. The summed E-state index contributed by atoms with van der Waals surface area (Å²) in [5, 5.41) is 3.27. The molecule has 0 bridgehead atoms. The molecule has 0 spiro atoms. The van der Waals surface area contributed by atoms with E-state index in [2.05, 4.69) is 19.2 Å². The number of hydrogen-bond donors (Lipinski definition) is 1. The average molecular weight is 131 g/mol. The molecule has 0 heterocycles. The van der Waals surface area contributed by atoms with Gasteiger partial charge in [-0.2, -0.15) is 0 Å². The summed E-state index contributed by atoms with van der Waals surface area (Å²) in [6.45, 7) is 4.18. The van der Waals surface area contributed by atoms with Crippen LogP contribution in [0, 0.1) is 0 Å². The van der Waals surface area contributed by atoms with Gasteiger partial charge in [-0.3, -0.25) is 0 Å². The highest BCUT2D eigenvalue weighted by molar-refractivity contribution is 4.85. The van der Waals surface area contributed by atoms with Crippen molar-refractivity contribution >= 4 is 0 Å². The maximum Gasteiger partial charge on any atom is 0.103 e. The van der Waals surface area contributed by atoms with E-state index < -0.39 is 6.17 Å². The fourth-order valence-electron chi connectivity index (χ4n) is 1.16. The predicted octanol–water partition coefficient (Wildman–Crippen LogP) is 1.48. The molecule has 0 aromatic carbocycles. The van der Waals surface area contributed by atoms with Crippen LogP contribution in [0.3, 0.4) is 0 Å². The molecular formula is C7H14FN. The van der Waals surface area contributed by atoms with Gasteiger partial charge in [0.05, 0.1) is 0 Å². The van der Waals surface area contributed by atoms with Gasteiger partial charge in [-0.05, 0) is 12.8 Å². The summed E-state index contributed by atoms with van der Waals surface area (Å²) >= 11 is 0. The Bertz CT molecular complexity index is 86.9. The lowest BCUT2D eigenvalue weighted by molar-refractivity contribution is 0.150. The molecule has 0 aliphatic heterocycles. The second kappa shape index (κ2) is 2.65. The highest BCUT2D eigenvalue weighted by atomic mass is 19.1. The second-order valence-corrected chi connectivity index (χ2v) is 3.09. The number of rotatable bonds is 2. The van der Waals surface area contributed by atoms with Crippen molar-refractivity contribution in [3.8, 4) is 0 Å². The van der Waals surface area contributed by atoms with Crippen molar-refractivity contribution in [3.63, 3.8) is 0 Å². The molecule has 9 heavy (non-hydrogen) atoms. The number of nitrogens with one attached hydrogen (secondary N) is 1. The first-order valence-electron chi connectivity index (χ1n) is 3.58. The summed E-state index contributed by atoms with van der Waals surface area (Å²) in [4.78, 5) is 0. The molecular weight excluding hydrogens is 117 g/mol. The van der Waals surface area contributed by atoms with Gasteiger partial charge in [-0.15, -0.1) is 0 Å². The minimum atomic E-state index is -0.527. The van der Waals surface area contributed by atoms with Crippen LogP contribution in [0.1, 0.15) is 26.7 Å². The van der Waals surface area contributed by atoms with E-state index in [-0.39, 0.29) is 0 Å². The van der Waals surface area contributed by atoms with Gasteiger partial charge in [0.15, 0.2) is 0 Å². The second-order valence-electron chi connectivity index (χ2n) is 3.09. The maximum absolute atomic E-state index is 12.2. The molecule has 1 aliphatic carbocycles. The Hall–Kier alpha value is -0.110. The SMILES string of the molecule is CC(C)N[C@H]1C[C@@H](F)C1. The van der Waals surface area contributed by atoms with Crippen LogP contribution in [0.4, 0.5) is 4.39 Å². The molecule has 1 saturated carbocycles. The van der Waals surface area contributed by atoms with Gasteiger partial charge in [0.2, 0.25) is 0 Å². The van der Waals surface area contributed by atoms with Crippen LogP contribution in [0.5, 0.6) is 0 Å². The Morgan fingerprint density at radius 3 is 2.33 bits per heavy atom. The van der Waals surface area contributed by atoms with Crippen LogP contribution in [0.15, 0.2) is 0 Å². The van der Waals surface area contributed by atoms with Crippen LogP contribution >= 0.6 is 0 Å². The Labute approximate surface area is 55.6 Å². The molecule has 0 atom stereocenters. The molecule has 0 amide bonds. The molecule has 0 saturated heterocycles. The van der Waals surface area contributed by atoms with Crippen molar-refractivity contribution < 1.29 is 4.39 Å². The molecule has 1 fully saturated rings. The van der Waals surface area contributed by atoms with Crippen molar-refractivity contribution in [2.45, 2.75) is 44.9 Å². The molecule has 0 aromatic rings. The third-order valence-corrected chi connectivity index (χ3v) is 1.65. The number of hydrogen-bond acceptors (Lipinski definition) is 1. The zero-order chi connectivity index (χ0) is 6.85. The molecule has 0 aromatic heterocycles. The molecule has 2 heteroatoms. The highest BCUT2D eigenvalue weighted by Gasteiger charge is 2.28. The lowest BCUT2D eigenvalue weighted by Gasteiger charge is -2.32. The van der Waals surface area contributed by atoms with E-state index in [4.69, 9.17) is 0 Å². The minimum Gasteiger partial charge on any atom is -0.312 e. The molecule has 1 nitrogen and oxygen atoms in total. The van der Waals surface area contributed by atoms with E-state index in [1.165, 1.54) is 0 Å². The van der Waals surface area contributed by atoms with E-state index in [1.54, 1.807) is 0 Å². The topological polar surface area (TPSA) is 12.0 Å². The summed E-state index contributed by atoms with van der Waals surface area (Å²) in [5.74, 6) is 0. The molecule has 1 rings (SSSR count). The van der Waals surface area contributed by atoms with Crippen molar-refractivity contribution in [1.82, 2.24) is 5.32 Å². The molecule has 0 unspecified atom stereocenters. The lowest BCUT2D eigenvalue weighted by Crippen LogP contribution is -2.45. The van der Waals surface area contributed by atoms with E-state index in [0.717, 1.165) is 12.8 Å². The predicted molar refractivity (Wildman–Crippen MR) is 36.2 cm³/mol. The Morgan fingerprint density at radius 1 is 1.44 bits per heavy atom. The zero-order valence-electron chi connectivity index (χ0n) is 6.02. The Kier molecular flexibility index (Phi) is 2.06. The third kappa shape index (κ3) is 1.94. The fraction of sp³-hybridized carbons (Fsp3) is 1.00. The van der Waals surface area contributed by atoms with E-state index in [9.17, 15) is 4.39 Å². The molecule has 1 aliphatic rings. The van der Waals surface area contributed by atoms with Crippen molar-refractivity contribution in [2.24, 2.45) is 0 Å². The summed E-state index contributed by atoms with van der Waals surface area (Å²) in [6.07, 6.45) is 0.914. The first-order valence-corrected chi connectivity index (χ1v) is 3.58.